The van der Waals surface area contributed by atoms with E-state index >= 15 is 0 Å². The van der Waals surface area contributed by atoms with Crippen LogP contribution in [0.3, 0.4) is 0 Å². The van der Waals surface area contributed by atoms with Gasteiger partial charge in [0.2, 0.25) is 5.60 Å². The van der Waals surface area contributed by atoms with E-state index in [1.807, 2.05) is 30.3 Å². The molecule has 1 aliphatic heterocycles. The van der Waals surface area contributed by atoms with E-state index < -0.39 is 17.4 Å². The van der Waals surface area contributed by atoms with E-state index in [2.05, 4.69) is 10.3 Å². The number of para-hydroxylation sites is 1. The van der Waals surface area contributed by atoms with Crippen molar-refractivity contribution in [1.82, 2.24) is 10.3 Å². The van der Waals surface area contributed by atoms with E-state index in [1.165, 1.54) is 4.90 Å². The standard InChI is InChI=1S/C18H19N3O3/c22-16(20-11-8-14-5-4-10-19-13-14)18(24)9-12-21(17(18)23)15-6-2-1-3-7-15/h1-7,10,13,24H,8-9,11-12H2,(H,20,22)/t18-/m0/s1. The largest absolute Gasteiger partial charge is 0.372 e. The number of hydrogen-bond acceptors (Lipinski definition) is 4. The van der Waals surface area contributed by atoms with Crippen LogP contribution in [0.25, 0.3) is 0 Å². The number of carbonyl (C=O) groups excluding carboxylic acids is 2. The van der Waals surface area contributed by atoms with Gasteiger partial charge >= 0.3 is 0 Å². The summed E-state index contributed by atoms with van der Waals surface area (Å²) in [7, 11) is 0. The van der Waals surface area contributed by atoms with Gasteiger partial charge in [0.25, 0.3) is 11.8 Å². The van der Waals surface area contributed by atoms with Crippen LogP contribution in [-0.4, -0.2) is 40.6 Å². The van der Waals surface area contributed by atoms with Crippen LogP contribution in [0.4, 0.5) is 5.69 Å². The quantitative estimate of drug-likeness (QED) is 0.801. The molecule has 3 rings (SSSR count). The number of pyridine rings is 1. The zero-order valence-corrected chi connectivity index (χ0v) is 13.2. The summed E-state index contributed by atoms with van der Waals surface area (Å²) in [6.07, 6.45) is 4.07. The van der Waals surface area contributed by atoms with Gasteiger partial charge in [-0.05, 0) is 30.2 Å². The molecule has 0 saturated carbocycles. The average Bonchev–Trinajstić information content (AvgIpc) is 2.93. The van der Waals surface area contributed by atoms with Crippen LogP contribution < -0.4 is 10.2 Å². The highest BCUT2D eigenvalue weighted by Crippen LogP contribution is 2.28. The van der Waals surface area contributed by atoms with Gasteiger partial charge in [-0.3, -0.25) is 14.6 Å². The van der Waals surface area contributed by atoms with Crippen molar-refractivity contribution in [2.24, 2.45) is 0 Å². The van der Waals surface area contributed by atoms with Crippen molar-refractivity contribution in [3.63, 3.8) is 0 Å². The summed E-state index contributed by atoms with van der Waals surface area (Å²) in [4.78, 5) is 30.3. The second-order valence-corrected chi connectivity index (χ2v) is 5.77. The van der Waals surface area contributed by atoms with Gasteiger partial charge in [0.1, 0.15) is 0 Å². The number of hydrogen-bond donors (Lipinski definition) is 2. The van der Waals surface area contributed by atoms with Gasteiger partial charge < -0.3 is 15.3 Å². The second kappa shape index (κ2) is 6.80. The molecular formula is C18H19N3O3. The molecule has 2 amide bonds. The first-order valence-electron chi connectivity index (χ1n) is 7.88. The molecule has 2 heterocycles. The molecule has 0 unspecified atom stereocenters. The number of anilines is 1. The first-order valence-corrected chi connectivity index (χ1v) is 7.88. The zero-order chi connectivity index (χ0) is 17.0. The third-order valence-electron chi connectivity index (χ3n) is 4.16. The smallest absolute Gasteiger partial charge is 0.268 e. The van der Waals surface area contributed by atoms with Crippen molar-refractivity contribution < 1.29 is 14.7 Å². The summed E-state index contributed by atoms with van der Waals surface area (Å²) in [5, 5.41) is 13.2. The molecule has 6 nitrogen and oxygen atoms in total. The molecule has 0 aliphatic carbocycles. The topological polar surface area (TPSA) is 82.5 Å². The molecule has 0 bridgehead atoms. The highest BCUT2D eigenvalue weighted by Gasteiger charge is 2.51. The minimum Gasteiger partial charge on any atom is -0.372 e. The van der Waals surface area contributed by atoms with Gasteiger partial charge in [-0.15, -0.1) is 0 Å². The number of nitrogens with one attached hydrogen (secondary N) is 1. The molecule has 1 aromatic heterocycles. The van der Waals surface area contributed by atoms with Crippen molar-refractivity contribution in [1.29, 1.82) is 0 Å². The lowest BCUT2D eigenvalue weighted by atomic mass is 10.0. The summed E-state index contributed by atoms with van der Waals surface area (Å²) in [5.74, 6) is -1.22. The van der Waals surface area contributed by atoms with Crippen LogP contribution in [0.2, 0.25) is 0 Å². The molecule has 1 atom stereocenters. The molecule has 124 valence electrons. The summed E-state index contributed by atoms with van der Waals surface area (Å²) in [6.45, 7) is 0.654. The summed E-state index contributed by atoms with van der Waals surface area (Å²) in [5.41, 5.74) is -0.333. The van der Waals surface area contributed by atoms with Crippen molar-refractivity contribution in [2.45, 2.75) is 18.4 Å². The Kier molecular flexibility index (Phi) is 4.57. The number of benzene rings is 1. The van der Waals surface area contributed by atoms with Crippen LogP contribution in [-0.2, 0) is 16.0 Å². The van der Waals surface area contributed by atoms with Gasteiger partial charge in [-0.25, -0.2) is 0 Å². The number of carbonyl (C=O) groups is 2. The van der Waals surface area contributed by atoms with Crippen molar-refractivity contribution >= 4 is 17.5 Å². The molecule has 6 heteroatoms. The Balaban J connectivity index is 1.61. The number of rotatable bonds is 5. The van der Waals surface area contributed by atoms with E-state index in [4.69, 9.17) is 0 Å². The number of nitrogens with zero attached hydrogens (tertiary/aromatic N) is 2. The maximum atomic E-state index is 12.5. The highest BCUT2D eigenvalue weighted by molar-refractivity contribution is 6.16. The van der Waals surface area contributed by atoms with Crippen molar-refractivity contribution in [2.75, 3.05) is 18.0 Å². The Morgan fingerprint density at radius 1 is 1.25 bits per heavy atom. The first kappa shape index (κ1) is 16.1. The van der Waals surface area contributed by atoms with Crippen LogP contribution in [0, 0.1) is 0 Å². The maximum absolute atomic E-state index is 12.5. The summed E-state index contributed by atoms with van der Waals surface area (Å²) < 4.78 is 0. The van der Waals surface area contributed by atoms with E-state index in [0.717, 1.165) is 5.56 Å². The minimum absolute atomic E-state index is 0.0828. The van der Waals surface area contributed by atoms with E-state index in [0.29, 0.717) is 25.2 Å². The van der Waals surface area contributed by atoms with Crippen LogP contribution in [0.15, 0.2) is 54.9 Å². The fourth-order valence-corrected chi connectivity index (χ4v) is 2.78. The molecule has 1 aromatic carbocycles. The van der Waals surface area contributed by atoms with E-state index in [1.54, 1.807) is 24.5 Å². The van der Waals surface area contributed by atoms with Crippen LogP contribution in [0.1, 0.15) is 12.0 Å². The molecule has 1 fully saturated rings. The van der Waals surface area contributed by atoms with Gasteiger partial charge in [0.05, 0.1) is 0 Å². The van der Waals surface area contributed by atoms with Gasteiger partial charge in [-0.1, -0.05) is 24.3 Å². The Bertz CT molecular complexity index is 721. The molecule has 1 saturated heterocycles. The van der Waals surface area contributed by atoms with Gasteiger partial charge in [0, 0.05) is 37.6 Å². The Morgan fingerprint density at radius 2 is 2.04 bits per heavy atom. The van der Waals surface area contributed by atoms with Crippen molar-refractivity contribution in [3.05, 3.63) is 60.4 Å². The lowest BCUT2D eigenvalue weighted by Gasteiger charge is -2.21. The Morgan fingerprint density at radius 3 is 2.75 bits per heavy atom. The minimum atomic E-state index is -2.00. The molecule has 2 aromatic rings. The predicted octanol–water partition coefficient (Wildman–Crippen LogP) is 0.908. The molecule has 0 radical (unpaired) electrons. The fourth-order valence-electron chi connectivity index (χ4n) is 2.78. The SMILES string of the molecule is O=C(NCCc1cccnc1)[C@@]1(O)CCN(c2ccccc2)C1=O. The first-order chi connectivity index (χ1) is 11.6. The maximum Gasteiger partial charge on any atom is 0.268 e. The molecule has 24 heavy (non-hydrogen) atoms. The number of amides is 2. The molecular weight excluding hydrogens is 306 g/mol. The highest BCUT2D eigenvalue weighted by atomic mass is 16.3. The predicted molar refractivity (Wildman–Crippen MR) is 89.3 cm³/mol. The van der Waals surface area contributed by atoms with Gasteiger partial charge in [0.15, 0.2) is 0 Å². The normalized spacial score (nSPS) is 20.2. The summed E-state index contributed by atoms with van der Waals surface area (Å²) >= 11 is 0. The zero-order valence-electron chi connectivity index (χ0n) is 13.2. The van der Waals surface area contributed by atoms with Crippen LogP contribution >= 0.6 is 0 Å². The fraction of sp³-hybridized carbons (Fsp3) is 0.278. The van der Waals surface area contributed by atoms with E-state index in [-0.39, 0.29) is 6.42 Å². The molecule has 2 N–H and O–H groups in total. The third kappa shape index (κ3) is 3.14. The molecule has 0 spiro atoms. The summed E-state index contributed by atoms with van der Waals surface area (Å²) in [6, 6.07) is 12.8. The third-order valence-corrected chi connectivity index (χ3v) is 4.16. The lowest BCUT2D eigenvalue weighted by Crippen LogP contribution is -2.52. The number of aliphatic hydroxyl groups is 1. The molecule has 1 aliphatic rings. The van der Waals surface area contributed by atoms with Gasteiger partial charge in [-0.2, -0.15) is 0 Å². The van der Waals surface area contributed by atoms with E-state index in [9.17, 15) is 14.7 Å². The Hall–Kier alpha value is -2.73. The monoisotopic (exact) mass is 325 g/mol. The van der Waals surface area contributed by atoms with Crippen LogP contribution in [0.5, 0.6) is 0 Å². The average molecular weight is 325 g/mol. The van der Waals surface area contributed by atoms with Crippen molar-refractivity contribution in [3.8, 4) is 0 Å². The number of aromatic nitrogens is 1. The lowest BCUT2D eigenvalue weighted by molar-refractivity contribution is -0.149. The second-order valence-electron chi connectivity index (χ2n) is 5.77. The Labute approximate surface area is 140 Å².